The van der Waals surface area contributed by atoms with E-state index < -0.39 is 0 Å². The van der Waals surface area contributed by atoms with Crippen LogP contribution in [-0.2, 0) is 22.6 Å². The van der Waals surface area contributed by atoms with Crippen molar-refractivity contribution in [2.75, 3.05) is 51.3 Å². The number of thiophene rings is 1. The Kier molecular flexibility index (Phi) is 9.44. The molecule has 0 aliphatic carbocycles. The van der Waals surface area contributed by atoms with E-state index in [1.54, 1.807) is 16.2 Å². The topological polar surface area (TPSA) is 65.1 Å². The molecule has 1 aliphatic rings. The van der Waals surface area contributed by atoms with E-state index in [9.17, 15) is 9.59 Å². The predicted molar refractivity (Wildman–Crippen MR) is 162 cm³/mol. The van der Waals surface area contributed by atoms with Crippen LogP contribution >= 0.6 is 11.3 Å². The number of benzene rings is 3. The highest BCUT2D eigenvalue weighted by Crippen LogP contribution is 2.24. The first-order valence-corrected chi connectivity index (χ1v) is 14.6. The number of morpholine rings is 1. The van der Waals surface area contributed by atoms with Crippen LogP contribution in [0.2, 0.25) is 0 Å². The molecule has 40 heavy (non-hydrogen) atoms. The van der Waals surface area contributed by atoms with E-state index in [1.807, 2.05) is 77.7 Å². The summed E-state index contributed by atoms with van der Waals surface area (Å²) >= 11 is 1.70. The number of carbonyl (C=O) groups excluding carboxylic acids is 2. The number of carbonyl (C=O) groups is 2. The van der Waals surface area contributed by atoms with Crippen LogP contribution in [0.15, 0.2) is 84.9 Å². The van der Waals surface area contributed by atoms with Gasteiger partial charge in [0, 0.05) is 47.9 Å². The maximum Gasteiger partial charge on any atom is 0.322 e. The Morgan fingerprint density at radius 1 is 0.875 bits per heavy atom. The van der Waals surface area contributed by atoms with Gasteiger partial charge < -0.3 is 19.9 Å². The highest BCUT2D eigenvalue weighted by atomic mass is 32.1. The number of amides is 3. The van der Waals surface area contributed by atoms with Gasteiger partial charge in [0.15, 0.2) is 0 Å². The number of aryl methyl sites for hydroxylation is 1. The van der Waals surface area contributed by atoms with Crippen LogP contribution in [0, 0.1) is 6.92 Å². The fourth-order valence-corrected chi connectivity index (χ4v) is 5.83. The number of hydrogen-bond donors (Lipinski definition) is 1. The van der Waals surface area contributed by atoms with Gasteiger partial charge in [0.1, 0.15) is 6.54 Å². The zero-order valence-electron chi connectivity index (χ0n) is 22.9. The number of nitrogens with one attached hydrogen (secondary N) is 1. The molecule has 0 bridgehead atoms. The molecule has 5 rings (SSSR count). The first kappa shape index (κ1) is 27.8. The first-order valence-electron chi connectivity index (χ1n) is 13.8. The summed E-state index contributed by atoms with van der Waals surface area (Å²) in [7, 11) is 0. The zero-order chi connectivity index (χ0) is 27.7. The summed E-state index contributed by atoms with van der Waals surface area (Å²) in [6.45, 7) is 7.21. The third kappa shape index (κ3) is 7.47. The van der Waals surface area contributed by atoms with Crippen molar-refractivity contribution < 1.29 is 14.3 Å². The van der Waals surface area contributed by atoms with Crippen LogP contribution < -0.4 is 5.32 Å². The van der Waals surface area contributed by atoms with Gasteiger partial charge in [-0.3, -0.25) is 9.69 Å². The quantitative estimate of drug-likeness (QED) is 0.276. The lowest BCUT2D eigenvalue weighted by Crippen LogP contribution is -2.48. The van der Waals surface area contributed by atoms with Crippen LogP contribution in [-0.4, -0.2) is 72.6 Å². The van der Waals surface area contributed by atoms with Gasteiger partial charge in [-0.15, -0.1) is 11.3 Å². The number of ether oxygens (including phenoxy) is 1. The van der Waals surface area contributed by atoms with Crippen molar-refractivity contribution in [3.8, 4) is 0 Å². The fourth-order valence-electron chi connectivity index (χ4n) is 4.93. The Morgan fingerprint density at radius 3 is 2.40 bits per heavy atom. The molecule has 1 fully saturated rings. The van der Waals surface area contributed by atoms with Gasteiger partial charge in [-0.25, -0.2) is 4.79 Å². The van der Waals surface area contributed by atoms with Crippen LogP contribution in [0.3, 0.4) is 0 Å². The van der Waals surface area contributed by atoms with Gasteiger partial charge in [0.2, 0.25) is 5.91 Å². The Hall–Kier alpha value is -3.72. The van der Waals surface area contributed by atoms with Gasteiger partial charge in [-0.05, 0) is 36.1 Å². The molecule has 4 aromatic rings. The van der Waals surface area contributed by atoms with Crippen molar-refractivity contribution in [1.82, 2.24) is 14.7 Å². The molecule has 0 unspecified atom stereocenters. The second-order valence-corrected chi connectivity index (χ2v) is 11.5. The average molecular weight is 557 g/mol. The summed E-state index contributed by atoms with van der Waals surface area (Å²) in [4.78, 5) is 35.7. The average Bonchev–Trinajstić information content (AvgIpc) is 3.40. The van der Waals surface area contributed by atoms with E-state index in [2.05, 4.69) is 29.3 Å². The third-order valence-electron chi connectivity index (χ3n) is 7.15. The summed E-state index contributed by atoms with van der Waals surface area (Å²) in [5.74, 6) is -0.0787. The lowest BCUT2D eigenvalue weighted by atomic mass is 10.1. The summed E-state index contributed by atoms with van der Waals surface area (Å²) in [6.07, 6.45) is 0. The third-order valence-corrected chi connectivity index (χ3v) is 8.13. The molecule has 3 amide bonds. The predicted octanol–water partition coefficient (Wildman–Crippen LogP) is 5.60. The minimum atomic E-state index is -0.274. The molecule has 8 heteroatoms. The summed E-state index contributed by atoms with van der Waals surface area (Å²) in [6, 6.07) is 27.7. The van der Waals surface area contributed by atoms with Gasteiger partial charge in [-0.2, -0.15) is 0 Å². The van der Waals surface area contributed by atoms with Gasteiger partial charge in [-0.1, -0.05) is 66.7 Å². The largest absolute Gasteiger partial charge is 0.379 e. The zero-order valence-corrected chi connectivity index (χ0v) is 23.7. The SMILES string of the molecule is Cc1ccc(CN(Cc2ccccc2)C(=O)CN(CCN2CCOCC2)C(=O)Nc2cccc3ccccc23)s1. The van der Waals surface area contributed by atoms with Crippen LogP contribution in [0.25, 0.3) is 10.8 Å². The molecular formula is C32H36N4O3S. The molecule has 0 saturated carbocycles. The second kappa shape index (κ2) is 13.6. The van der Waals surface area contributed by atoms with Gasteiger partial charge in [0.25, 0.3) is 0 Å². The van der Waals surface area contributed by atoms with E-state index >= 15 is 0 Å². The molecule has 3 aromatic carbocycles. The Balaban J connectivity index is 1.35. The minimum absolute atomic E-state index is 0.00185. The van der Waals surface area contributed by atoms with Crippen molar-refractivity contribution >= 4 is 39.7 Å². The smallest absolute Gasteiger partial charge is 0.322 e. The molecule has 1 saturated heterocycles. The Bertz CT molecular complexity index is 1410. The monoisotopic (exact) mass is 556 g/mol. The first-order chi connectivity index (χ1) is 19.5. The van der Waals surface area contributed by atoms with Crippen molar-refractivity contribution in [1.29, 1.82) is 0 Å². The highest BCUT2D eigenvalue weighted by molar-refractivity contribution is 7.11. The van der Waals surface area contributed by atoms with Crippen molar-refractivity contribution in [2.45, 2.75) is 20.0 Å². The van der Waals surface area contributed by atoms with E-state index in [1.165, 1.54) is 4.88 Å². The normalized spacial score (nSPS) is 13.7. The van der Waals surface area contributed by atoms with Gasteiger partial charge in [0.05, 0.1) is 25.4 Å². The standard InChI is InChI=1S/C32H36N4O3S/c1-25-14-15-28(40-25)23-36(22-26-8-3-2-4-9-26)31(37)24-35(17-16-34-18-20-39-21-19-34)32(38)33-30-13-7-11-27-10-5-6-12-29(27)30/h2-15H,16-24H2,1H3,(H,33,38). The Morgan fingerprint density at radius 2 is 1.62 bits per heavy atom. The molecule has 1 aromatic heterocycles. The minimum Gasteiger partial charge on any atom is -0.379 e. The second-order valence-electron chi connectivity index (χ2n) is 10.1. The maximum absolute atomic E-state index is 13.9. The maximum atomic E-state index is 13.9. The van der Waals surface area contributed by atoms with E-state index in [-0.39, 0.29) is 18.5 Å². The number of nitrogens with zero attached hydrogens (tertiary/aromatic N) is 3. The highest BCUT2D eigenvalue weighted by Gasteiger charge is 2.24. The molecule has 2 heterocycles. The fraction of sp³-hybridized carbons (Fsp3) is 0.312. The van der Waals surface area contributed by atoms with Crippen LogP contribution in [0.1, 0.15) is 15.3 Å². The molecule has 1 N–H and O–H groups in total. The number of anilines is 1. The molecule has 7 nitrogen and oxygen atoms in total. The van der Waals surface area contributed by atoms with Gasteiger partial charge >= 0.3 is 6.03 Å². The van der Waals surface area contributed by atoms with Crippen LogP contribution in [0.4, 0.5) is 10.5 Å². The number of urea groups is 1. The Labute approximate surface area is 240 Å². The van der Waals surface area contributed by atoms with Crippen molar-refractivity contribution in [3.63, 3.8) is 0 Å². The van der Waals surface area contributed by atoms with E-state index in [0.29, 0.717) is 39.4 Å². The number of fused-ring (bicyclic) bond motifs is 1. The molecule has 1 aliphatic heterocycles. The number of rotatable bonds is 10. The summed E-state index contributed by atoms with van der Waals surface area (Å²) < 4.78 is 5.49. The van der Waals surface area contributed by atoms with Crippen LogP contribution in [0.5, 0.6) is 0 Å². The van der Waals surface area contributed by atoms with Crippen molar-refractivity contribution in [3.05, 3.63) is 100 Å². The lowest BCUT2D eigenvalue weighted by molar-refractivity contribution is -0.133. The summed E-state index contributed by atoms with van der Waals surface area (Å²) in [5.41, 5.74) is 1.80. The molecule has 208 valence electrons. The molecule has 0 atom stereocenters. The van der Waals surface area contributed by atoms with Crippen molar-refractivity contribution in [2.24, 2.45) is 0 Å². The molecular weight excluding hydrogens is 520 g/mol. The summed E-state index contributed by atoms with van der Waals surface area (Å²) in [5, 5.41) is 5.12. The molecule has 0 spiro atoms. The van der Waals surface area contributed by atoms with E-state index in [0.717, 1.165) is 40.0 Å². The number of hydrogen-bond acceptors (Lipinski definition) is 5. The molecule has 0 radical (unpaired) electrons. The lowest BCUT2D eigenvalue weighted by Gasteiger charge is -2.31. The van der Waals surface area contributed by atoms with E-state index in [4.69, 9.17) is 4.74 Å².